The molecule has 0 saturated carbocycles. The Kier molecular flexibility index (Phi) is 4.66. The van der Waals surface area contributed by atoms with Gasteiger partial charge in [-0.05, 0) is 18.6 Å². The van der Waals surface area contributed by atoms with E-state index in [1.165, 1.54) is 0 Å². The predicted octanol–water partition coefficient (Wildman–Crippen LogP) is 2.41. The SMILES string of the molecule is CC(C)(C)C(=O)N1CCCN(C(=O)c2ccccc2)CC1. The van der Waals surface area contributed by atoms with Gasteiger partial charge in [0, 0.05) is 37.2 Å². The second-order valence-corrected chi connectivity index (χ2v) is 6.55. The van der Waals surface area contributed by atoms with Crippen LogP contribution in [0, 0.1) is 5.41 Å². The molecule has 1 aliphatic rings. The highest BCUT2D eigenvalue weighted by atomic mass is 16.2. The molecule has 0 atom stereocenters. The first-order chi connectivity index (χ1) is 9.89. The second-order valence-electron chi connectivity index (χ2n) is 6.55. The summed E-state index contributed by atoms with van der Waals surface area (Å²) in [6.07, 6.45) is 0.834. The van der Waals surface area contributed by atoms with Gasteiger partial charge >= 0.3 is 0 Å². The molecular weight excluding hydrogens is 264 g/mol. The van der Waals surface area contributed by atoms with E-state index in [0.717, 1.165) is 13.0 Å². The van der Waals surface area contributed by atoms with Crippen molar-refractivity contribution in [3.05, 3.63) is 35.9 Å². The van der Waals surface area contributed by atoms with E-state index in [0.29, 0.717) is 25.2 Å². The number of nitrogens with zero attached hydrogens (tertiary/aromatic N) is 2. The smallest absolute Gasteiger partial charge is 0.253 e. The average molecular weight is 288 g/mol. The van der Waals surface area contributed by atoms with Crippen LogP contribution in [0.3, 0.4) is 0 Å². The average Bonchev–Trinajstić information content (AvgIpc) is 2.71. The summed E-state index contributed by atoms with van der Waals surface area (Å²) in [5, 5.41) is 0. The zero-order valence-electron chi connectivity index (χ0n) is 13.1. The van der Waals surface area contributed by atoms with Crippen LogP contribution in [0.4, 0.5) is 0 Å². The molecule has 2 rings (SSSR count). The Morgan fingerprint density at radius 1 is 0.905 bits per heavy atom. The molecule has 1 aromatic carbocycles. The minimum atomic E-state index is -0.362. The Morgan fingerprint density at radius 2 is 1.48 bits per heavy atom. The van der Waals surface area contributed by atoms with E-state index in [4.69, 9.17) is 0 Å². The zero-order chi connectivity index (χ0) is 15.5. The fourth-order valence-corrected chi connectivity index (χ4v) is 2.56. The van der Waals surface area contributed by atoms with Crippen molar-refractivity contribution in [2.75, 3.05) is 26.2 Å². The molecule has 1 aliphatic heterocycles. The van der Waals surface area contributed by atoms with Crippen molar-refractivity contribution < 1.29 is 9.59 Å². The van der Waals surface area contributed by atoms with Gasteiger partial charge in [0.05, 0.1) is 0 Å². The van der Waals surface area contributed by atoms with Gasteiger partial charge in [-0.2, -0.15) is 0 Å². The first kappa shape index (κ1) is 15.5. The van der Waals surface area contributed by atoms with Crippen molar-refractivity contribution in [3.8, 4) is 0 Å². The van der Waals surface area contributed by atoms with Crippen LogP contribution >= 0.6 is 0 Å². The molecule has 4 heteroatoms. The lowest BCUT2D eigenvalue weighted by Gasteiger charge is -2.28. The lowest BCUT2D eigenvalue weighted by atomic mass is 9.94. The maximum Gasteiger partial charge on any atom is 0.253 e. The van der Waals surface area contributed by atoms with Crippen LogP contribution in [0.25, 0.3) is 0 Å². The van der Waals surface area contributed by atoms with E-state index in [1.807, 2.05) is 60.9 Å². The fourth-order valence-electron chi connectivity index (χ4n) is 2.56. The molecule has 1 aromatic rings. The molecule has 0 aliphatic carbocycles. The number of amides is 2. The molecule has 21 heavy (non-hydrogen) atoms. The Balaban J connectivity index is 2.01. The van der Waals surface area contributed by atoms with E-state index in [2.05, 4.69) is 0 Å². The number of hydrogen-bond acceptors (Lipinski definition) is 2. The monoisotopic (exact) mass is 288 g/mol. The van der Waals surface area contributed by atoms with Crippen molar-refractivity contribution in [3.63, 3.8) is 0 Å². The van der Waals surface area contributed by atoms with Crippen molar-refractivity contribution in [1.29, 1.82) is 0 Å². The molecule has 1 fully saturated rings. The summed E-state index contributed by atoms with van der Waals surface area (Å²) in [5.41, 5.74) is 0.353. The lowest BCUT2D eigenvalue weighted by Crippen LogP contribution is -2.42. The minimum Gasteiger partial charge on any atom is -0.340 e. The van der Waals surface area contributed by atoms with Gasteiger partial charge in [0.25, 0.3) is 5.91 Å². The van der Waals surface area contributed by atoms with Crippen molar-refractivity contribution in [2.24, 2.45) is 5.41 Å². The first-order valence-electron chi connectivity index (χ1n) is 7.53. The van der Waals surface area contributed by atoms with Crippen LogP contribution in [-0.4, -0.2) is 47.8 Å². The predicted molar refractivity (Wildman–Crippen MR) is 83.0 cm³/mol. The van der Waals surface area contributed by atoms with Gasteiger partial charge < -0.3 is 9.80 Å². The van der Waals surface area contributed by atoms with E-state index in [-0.39, 0.29) is 17.2 Å². The molecule has 0 aromatic heterocycles. The third-order valence-corrected chi connectivity index (χ3v) is 3.73. The van der Waals surface area contributed by atoms with Gasteiger partial charge in [0.15, 0.2) is 0 Å². The summed E-state index contributed by atoms with van der Waals surface area (Å²) in [6.45, 7) is 8.48. The quantitative estimate of drug-likeness (QED) is 0.796. The fraction of sp³-hybridized carbons (Fsp3) is 0.529. The van der Waals surface area contributed by atoms with Crippen molar-refractivity contribution >= 4 is 11.8 Å². The maximum absolute atomic E-state index is 12.4. The van der Waals surface area contributed by atoms with Crippen LogP contribution in [0.5, 0.6) is 0 Å². The Bertz CT molecular complexity index is 505. The first-order valence-corrected chi connectivity index (χ1v) is 7.53. The number of benzene rings is 1. The van der Waals surface area contributed by atoms with E-state index in [9.17, 15) is 9.59 Å². The number of rotatable bonds is 1. The Labute approximate surface area is 126 Å². The number of carbonyl (C=O) groups excluding carboxylic acids is 2. The van der Waals surface area contributed by atoms with Gasteiger partial charge in [-0.1, -0.05) is 39.0 Å². The molecule has 0 bridgehead atoms. The Morgan fingerprint density at radius 3 is 2.10 bits per heavy atom. The van der Waals surface area contributed by atoms with Gasteiger partial charge in [-0.15, -0.1) is 0 Å². The van der Waals surface area contributed by atoms with Crippen LogP contribution in [0.15, 0.2) is 30.3 Å². The van der Waals surface area contributed by atoms with E-state index < -0.39 is 0 Å². The highest BCUT2D eigenvalue weighted by Crippen LogP contribution is 2.19. The Hall–Kier alpha value is -1.84. The van der Waals surface area contributed by atoms with Gasteiger partial charge in [-0.25, -0.2) is 0 Å². The third-order valence-electron chi connectivity index (χ3n) is 3.73. The summed E-state index contributed by atoms with van der Waals surface area (Å²) in [6, 6.07) is 9.33. The van der Waals surface area contributed by atoms with E-state index >= 15 is 0 Å². The normalized spacial score (nSPS) is 16.5. The zero-order valence-corrected chi connectivity index (χ0v) is 13.1. The third kappa shape index (κ3) is 3.84. The van der Waals surface area contributed by atoms with Gasteiger partial charge in [0.2, 0.25) is 5.91 Å². The maximum atomic E-state index is 12.4. The number of hydrogen-bond donors (Lipinski definition) is 0. The van der Waals surface area contributed by atoms with Gasteiger partial charge in [-0.3, -0.25) is 9.59 Å². The largest absolute Gasteiger partial charge is 0.340 e. The summed E-state index contributed by atoms with van der Waals surface area (Å²) in [7, 11) is 0. The summed E-state index contributed by atoms with van der Waals surface area (Å²) in [4.78, 5) is 28.5. The van der Waals surface area contributed by atoms with Crippen LogP contribution < -0.4 is 0 Å². The van der Waals surface area contributed by atoms with Crippen molar-refractivity contribution in [2.45, 2.75) is 27.2 Å². The van der Waals surface area contributed by atoms with Crippen molar-refractivity contribution in [1.82, 2.24) is 9.80 Å². The van der Waals surface area contributed by atoms with E-state index in [1.54, 1.807) is 0 Å². The molecule has 0 unspecified atom stereocenters. The topological polar surface area (TPSA) is 40.6 Å². The number of carbonyl (C=O) groups is 2. The molecular formula is C17H24N2O2. The molecule has 4 nitrogen and oxygen atoms in total. The second kappa shape index (κ2) is 6.29. The highest BCUT2D eigenvalue weighted by Gasteiger charge is 2.29. The summed E-state index contributed by atoms with van der Waals surface area (Å²) < 4.78 is 0. The van der Waals surface area contributed by atoms with Gasteiger partial charge in [0.1, 0.15) is 0 Å². The molecule has 0 spiro atoms. The molecule has 2 amide bonds. The van der Waals surface area contributed by atoms with Crippen LogP contribution in [-0.2, 0) is 4.79 Å². The summed E-state index contributed by atoms with van der Waals surface area (Å²) >= 11 is 0. The standard InChI is InChI=1S/C17H24N2O2/c1-17(2,3)16(21)19-11-7-10-18(12-13-19)15(20)14-8-5-4-6-9-14/h4-6,8-9H,7,10-13H2,1-3H3. The molecule has 0 radical (unpaired) electrons. The minimum absolute atomic E-state index is 0.0562. The van der Waals surface area contributed by atoms with Crippen LogP contribution in [0.2, 0.25) is 0 Å². The highest BCUT2D eigenvalue weighted by molar-refractivity contribution is 5.94. The van der Waals surface area contributed by atoms with Crippen LogP contribution in [0.1, 0.15) is 37.6 Å². The molecule has 1 heterocycles. The molecule has 114 valence electrons. The lowest BCUT2D eigenvalue weighted by molar-refractivity contribution is -0.139. The summed E-state index contributed by atoms with van der Waals surface area (Å²) in [5.74, 6) is 0.220. The molecule has 1 saturated heterocycles. The molecule has 0 N–H and O–H groups in total.